The quantitative estimate of drug-likeness (QED) is 0.810. The number of aromatic nitrogens is 2. The molecule has 2 aromatic heterocycles. The van der Waals surface area contributed by atoms with Crippen molar-refractivity contribution < 1.29 is 4.79 Å². The van der Waals surface area contributed by atoms with Gasteiger partial charge in [0.25, 0.3) is 5.91 Å². The fourth-order valence-corrected chi connectivity index (χ4v) is 1.74. The van der Waals surface area contributed by atoms with E-state index in [0.717, 1.165) is 23.3 Å². The third-order valence-corrected chi connectivity index (χ3v) is 2.68. The molecule has 2 aromatic rings. The van der Waals surface area contributed by atoms with Crippen LogP contribution >= 0.6 is 0 Å². The predicted molar refractivity (Wildman–Crippen MR) is 63.6 cm³/mol. The van der Waals surface area contributed by atoms with Gasteiger partial charge in [0, 0.05) is 31.4 Å². The number of nitrogens with one attached hydrogen (secondary N) is 1. The van der Waals surface area contributed by atoms with Gasteiger partial charge in [0.2, 0.25) is 0 Å². The number of amides is 1. The first-order chi connectivity index (χ1) is 7.65. The van der Waals surface area contributed by atoms with Gasteiger partial charge < -0.3 is 15.6 Å². The molecule has 3 N–H and O–H groups in total. The molecule has 2 heterocycles. The fourth-order valence-electron chi connectivity index (χ4n) is 1.74. The number of hydrogen-bond acceptors (Lipinski definition) is 3. The number of anilines is 1. The van der Waals surface area contributed by atoms with Gasteiger partial charge in [0.1, 0.15) is 5.65 Å². The van der Waals surface area contributed by atoms with Crippen molar-refractivity contribution >= 4 is 22.6 Å². The number of rotatable bonds is 3. The first-order valence-corrected chi connectivity index (χ1v) is 5.12. The van der Waals surface area contributed by atoms with Crippen LogP contribution in [0, 0.1) is 0 Å². The molecule has 5 heteroatoms. The zero-order chi connectivity index (χ0) is 11.7. The molecule has 0 aromatic carbocycles. The van der Waals surface area contributed by atoms with Crippen molar-refractivity contribution in [2.24, 2.45) is 5.73 Å². The molecular weight excluding hydrogens is 204 g/mol. The Kier molecular flexibility index (Phi) is 2.52. The Balaban J connectivity index is 2.75. The van der Waals surface area contributed by atoms with Crippen molar-refractivity contribution in [3.8, 4) is 0 Å². The van der Waals surface area contributed by atoms with E-state index in [1.165, 1.54) is 6.20 Å². The topological polar surface area (TPSA) is 75.0 Å². The Morgan fingerprint density at radius 1 is 1.62 bits per heavy atom. The molecular formula is C11H14N4O. The number of carbonyl (C=O) groups is 1. The van der Waals surface area contributed by atoms with Gasteiger partial charge in [0.15, 0.2) is 0 Å². The molecule has 0 bridgehead atoms. The van der Waals surface area contributed by atoms with Gasteiger partial charge in [-0.1, -0.05) is 0 Å². The first-order valence-electron chi connectivity index (χ1n) is 5.12. The highest BCUT2D eigenvalue weighted by atomic mass is 16.1. The maximum atomic E-state index is 11.4. The molecule has 84 valence electrons. The standard InChI is InChI=1S/C11H14N4O/c1-3-15(2)9-7-4-5-13-11(7)14-6-8(9)10(12)16/h4-6H,3H2,1-2H3,(H2,12,16)(H,13,14). The van der Waals surface area contributed by atoms with Crippen LogP contribution in [0.25, 0.3) is 11.0 Å². The third kappa shape index (κ3) is 1.50. The van der Waals surface area contributed by atoms with E-state index in [4.69, 9.17) is 5.73 Å². The van der Waals surface area contributed by atoms with Gasteiger partial charge in [-0.25, -0.2) is 4.98 Å². The molecule has 5 nitrogen and oxygen atoms in total. The summed E-state index contributed by atoms with van der Waals surface area (Å²) < 4.78 is 0. The predicted octanol–water partition coefficient (Wildman–Crippen LogP) is 1.12. The van der Waals surface area contributed by atoms with Crippen LogP contribution in [0.4, 0.5) is 5.69 Å². The third-order valence-electron chi connectivity index (χ3n) is 2.68. The Labute approximate surface area is 93.3 Å². The summed E-state index contributed by atoms with van der Waals surface area (Å²) in [6.45, 7) is 2.81. The van der Waals surface area contributed by atoms with Crippen molar-refractivity contribution in [3.63, 3.8) is 0 Å². The number of fused-ring (bicyclic) bond motifs is 1. The van der Waals surface area contributed by atoms with E-state index in [2.05, 4.69) is 9.97 Å². The summed E-state index contributed by atoms with van der Waals surface area (Å²) >= 11 is 0. The fraction of sp³-hybridized carbons (Fsp3) is 0.273. The van der Waals surface area contributed by atoms with Crippen LogP contribution in [-0.4, -0.2) is 29.5 Å². The number of aromatic amines is 1. The van der Waals surface area contributed by atoms with Gasteiger partial charge in [-0.2, -0.15) is 0 Å². The minimum Gasteiger partial charge on any atom is -0.374 e. The normalized spacial score (nSPS) is 10.6. The van der Waals surface area contributed by atoms with E-state index in [1.807, 2.05) is 24.9 Å². The van der Waals surface area contributed by atoms with Gasteiger partial charge in [-0.3, -0.25) is 4.79 Å². The van der Waals surface area contributed by atoms with E-state index in [1.54, 1.807) is 6.20 Å². The van der Waals surface area contributed by atoms with Gasteiger partial charge in [-0.15, -0.1) is 0 Å². The second kappa shape index (κ2) is 3.84. The maximum absolute atomic E-state index is 11.4. The zero-order valence-corrected chi connectivity index (χ0v) is 9.32. The Hall–Kier alpha value is -2.04. The molecule has 0 unspecified atom stereocenters. The highest BCUT2D eigenvalue weighted by molar-refractivity contribution is 6.06. The van der Waals surface area contributed by atoms with Crippen LogP contribution < -0.4 is 10.6 Å². The van der Waals surface area contributed by atoms with Gasteiger partial charge in [0.05, 0.1) is 11.3 Å². The van der Waals surface area contributed by atoms with Crippen molar-refractivity contribution in [1.29, 1.82) is 0 Å². The number of nitrogens with zero attached hydrogens (tertiary/aromatic N) is 2. The minimum atomic E-state index is -0.453. The molecule has 2 rings (SSSR count). The molecule has 0 saturated heterocycles. The number of hydrogen-bond donors (Lipinski definition) is 2. The van der Waals surface area contributed by atoms with E-state index in [9.17, 15) is 4.79 Å². The highest BCUT2D eigenvalue weighted by Gasteiger charge is 2.16. The summed E-state index contributed by atoms with van der Waals surface area (Å²) in [5.74, 6) is -0.453. The lowest BCUT2D eigenvalue weighted by Crippen LogP contribution is -2.22. The number of nitrogens with two attached hydrogens (primary N) is 1. The molecule has 0 fully saturated rings. The van der Waals surface area contributed by atoms with Crippen molar-refractivity contribution in [1.82, 2.24) is 9.97 Å². The van der Waals surface area contributed by atoms with Crippen LogP contribution in [0.2, 0.25) is 0 Å². The molecule has 0 radical (unpaired) electrons. The van der Waals surface area contributed by atoms with E-state index < -0.39 is 5.91 Å². The number of carbonyl (C=O) groups excluding carboxylic acids is 1. The molecule has 0 saturated carbocycles. The average molecular weight is 218 g/mol. The lowest BCUT2D eigenvalue weighted by atomic mass is 10.1. The summed E-state index contributed by atoms with van der Waals surface area (Å²) in [5.41, 5.74) is 7.40. The smallest absolute Gasteiger partial charge is 0.252 e. The summed E-state index contributed by atoms with van der Waals surface area (Å²) in [4.78, 5) is 20.5. The molecule has 0 spiro atoms. The molecule has 0 aliphatic carbocycles. The second-order valence-corrected chi connectivity index (χ2v) is 3.64. The monoisotopic (exact) mass is 218 g/mol. The minimum absolute atomic E-state index is 0.453. The molecule has 0 aliphatic heterocycles. The van der Waals surface area contributed by atoms with Crippen LogP contribution in [0.1, 0.15) is 17.3 Å². The molecule has 0 atom stereocenters. The molecule has 16 heavy (non-hydrogen) atoms. The maximum Gasteiger partial charge on any atom is 0.252 e. The Morgan fingerprint density at radius 2 is 2.38 bits per heavy atom. The van der Waals surface area contributed by atoms with Crippen LogP contribution in [0.5, 0.6) is 0 Å². The van der Waals surface area contributed by atoms with Crippen LogP contribution in [-0.2, 0) is 0 Å². The lowest BCUT2D eigenvalue weighted by molar-refractivity contribution is 0.100. The number of pyridine rings is 1. The Morgan fingerprint density at radius 3 is 3.00 bits per heavy atom. The Bertz CT molecular complexity index is 532. The van der Waals surface area contributed by atoms with E-state index in [-0.39, 0.29) is 0 Å². The van der Waals surface area contributed by atoms with Gasteiger partial charge >= 0.3 is 0 Å². The zero-order valence-electron chi connectivity index (χ0n) is 9.32. The van der Waals surface area contributed by atoms with E-state index >= 15 is 0 Å². The van der Waals surface area contributed by atoms with Crippen LogP contribution in [0.15, 0.2) is 18.5 Å². The SMILES string of the molecule is CCN(C)c1c(C(N)=O)cnc2[nH]ccc12. The number of H-pyrrole nitrogens is 1. The van der Waals surface area contributed by atoms with Crippen molar-refractivity contribution in [3.05, 3.63) is 24.0 Å². The largest absolute Gasteiger partial charge is 0.374 e. The summed E-state index contributed by atoms with van der Waals surface area (Å²) in [7, 11) is 1.92. The van der Waals surface area contributed by atoms with E-state index in [0.29, 0.717) is 5.56 Å². The highest BCUT2D eigenvalue weighted by Crippen LogP contribution is 2.27. The van der Waals surface area contributed by atoms with Crippen molar-refractivity contribution in [2.75, 3.05) is 18.5 Å². The van der Waals surface area contributed by atoms with Gasteiger partial charge in [-0.05, 0) is 13.0 Å². The summed E-state index contributed by atoms with van der Waals surface area (Å²) in [6.07, 6.45) is 3.32. The molecule has 0 aliphatic rings. The lowest BCUT2D eigenvalue weighted by Gasteiger charge is -2.20. The number of primary amides is 1. The summed E-state index contributed by atoms with van der Waals surface area (Å²) in [5, 5.41) is 0.917. The average Bonchev–Trinajstić information content (AvgIpc) is 2.74. The molecule has 1 amide bonds. The van der Waals surface area contributed by atoms with Crippen LogP contribution in [0.3, 0.4) is 0 Å². The summed E-state index contributed by atoms with van der Waals surface area (Å²) in [6, 6.07) is 1.90. The van der Waals surface area contributed by atoms with Crippen molar-refractivity contribution in [2.45, 2.75) is 6.92 Å². The first kappa shape index (κ1) is 10.5. The second-order valence-electron chi connectivity index (χ2n) is 3.64.